The van der Waals surface area contributed by atoms with Crippen LogP contribution >= 0.6 is 11.6 Å². The first-order valence-electron chi connectivity index (χ1n) is 6.89. The molecule has 0 fully saturated rings. The number of halogens is 4. The third-order valence-electron chi connectivity index (χ3n) is 2.46. The SMILES string of the molecule is CCC/C(=N\OC(C)C)c1cc(Cl)ccc1C(F)(F)F.N=S(=O)=O. The molecule has 24 heavy (non-hydrogen) atoms. The molecule has 0 radical (unpaired) electrons. The third-order valence-corrected chi connectivity index (χ3v) is 2.69. The minimum atomic E-state index is -4.45. The lowest BCUT2D eigenvalue weighted by atomic mass is 9.99. The summed E-state index contributed by atoms with van der Waals surface area (Å²) in [5.74, 6) is 0. The van der Waals surface area contributed by atoms with Gasteiger partial charge in [-0.05, 0) is 38.5 Å². The molecule has 1 aromatic carbocycles. The molecular formula is C14H18ClF3N2O3S. The number of oxime groups is 1. The van der Waals surface area contributed by atoms with Gasteiger partial charge in [-0.25, -0.2) is 0 Å². The minimum absolute atomic E-state index is 0.0208. The Balaban J connectivity index is 0.00000118. The zero-order valence-corrected chi connectivity index (χ0v) is 14.9. The molecule has 0 aliphatic rings. The van der Waals surface area contributed by atoms with Gasteiger partial charge in [0.05, 0.1) is 11.3 Å². The third kappa shape index (κ3) is 8.88. The van der Waals surface area contributed by atoms with Crippen LogP contribution in [0.15, 0.2) is 23.4 Å². The number of benzene rings is 1. The first-order chi connectivity index (χ1) is 11.0. The molecule has 1 aromatic rings. The Kier molecular flexibility index (Phi) is 9.60. The summed E-state index contributed by atoms with van der Waals surface area (Å²) in [6, 6.07) is 3.47. The summed E-state index contributed by atoms with van der Waals surface area (Å²) in [6.45, 7) is 5.38. The molecule has 0 aromatic heterocycles. The lowest BCUT2D eigenvalue weighted by molar-refractivity contribution is -0.137. The maximum atomic E-state index is 13.0. The number of nitrogens with one attached hydrogen (secondary N) is 1. The van der Waals surface area contributed by atoms with Crippen LogP contribution in [-0.2, 0) is 21.5 Å². The van der Waals surface area contributed by atoms with Gasteiger partial charge in [-0.3, -0.25) is 0 Å². The Morgan fingerprint density at radius 2 is 1.92 bits per heavy atom. The monoisotopic (exact) mass is 386 g/mol. The van der Waals surface area contributed by atoms with E-state index in [1.165, 1.54) is 12.1 Å². The van der Waals surface area contributed by atoms with Crippen molar-refractivity contribution in [2.75, 3.05) is 0 Å². The van der Waals surface area contributed by atoms with Gasteiger partial charge >= 0.3 is 16.7 Å². The summed E-state index contributed by atoms with van der Waals surface area (Å²) in [5, 5.41) is 4.09. The van der Waals surface area contributed by atoms with Crippen molar-refractivity contribution in [3.63, 3.8) is 0 Å². The molecule has 0 atom stereocenters. The highest BCUT2D eigenvalue weighted by Gasteiger charge is 2.34. The topological polar surface area (TPSA) is 79.6 Å². The van der Waals surface area contributed by atoms with Crippen LogP contribution < -0.4 is 0 Å². The summed E-state index contributed by atoms with van der Waals surface area (Å²) >= 11 is 5.81. The summed E-state index contributed by atoms with van der Waals surface area (Å²) < 4.78 is 62.0. The van der Waals surface area contributed by atoms with Crippen molar-refractivity contribution >= 4 is 27.8 Å². The molecule has 0 aliphatic carbocycles. The van der Waals surface area contributed by atoms with Gasteiger partial charge < -0.3 is 4.84 Å². The minimum Gasteiger partial charge on any atom is -0.393 e. The van der Waals surface area contributed by atoms with Gasteiger partial charge in [0.25, 0.3) is 0 Å². The van der Waals surface area contributed by atoms with Crippen molar-refractivity contribution in [2.24, 2.45) is 5.16 Å². The smallest absolute Gasteiger partial charge is 0.393 e. The molecule has 0 heterocycles. The second-order valence-electron chi connectivity index (χ2n) is 4.86. The summed E-state index contributed by atoms with van der Waals surface area (Å²) in [7, 11) is -2.61. The Labute approximate surface area is 145 Å². The Hall–Kier alpha value is -1.61. The highest BCUT2D eigenvalue weighted by molar-refractivity contribution is 7.60. The summed E-state index contributed by atoms with van der Waals surface area (Å²) in [6.07, 6.45) is -3.61. The molecule has 0 saturated heterocycles. The van der Waals surface area contributed by atoms with Crippen molar-refractivity contribution < 1.29 is 26.4 Å². The van der Waals surface area contributed by atoms with Crippen LogP contribution in [0.5, 0.6) is 0 Å². The number of nitrogens with zero attached hydrogens (tertiary/aromatic N) is 1. The van der Waals surface area contributed by atoms with Crippen molar-refractivity contribution in [3.05, 3.63) is 34.3 Å². The van der Waals surface area contributed by atoms with E-state index in [0.717, 1.165) is 6.07 Å². The van der Waals surface area contributed by atoms with Crippen LogP contribution in [0.1, 0.15) is 44.7 Å². The fourth-order valence-electron chi connectivity index (χ4n) is 1.64. The van der Waals surface area contributed by atoms with Crippen molar-refractivity contribution in [1.82, 2.24) is 0 Å². The molecule has 0 amide bonds. The highest BCUT2D eigenvalue weighted by atomic mass is 35.5. The first-order valence-corrected chi connectivity index (χ1v) is 8.34. The Bertz CT molecular complexity index is 667. The molecule has 0 saturated carbocycles. The van der Waals surface area contributed by atoms with Crippen LogP contribution in [0.25, 0.3) is 0 Å². The van der Waals surface area contributed by atoms with Gasteiger partial charge in [0.15, 0.2) is 0 Å². The average molecular weight is 387 g/mol. The summed E-state index contributed by atoms with van der Waals surface area (Å²) in [4.78, 5) is 5.10. The van der Waals surface area contributed by atoms with Gasteiger partial charge in [-0.2, -0.15) is 26.4 Å². The molecular weight excluding hydrogens is 369 g/mol. The quantitative estimate of drug-likeness (QED) is 0.576. The maximum Gasteiger partial charge on any atom is 0.417 e. The fourth-order valence-corrected chi connectivity index (χ4v) is 1.81. The average Bonchev–Trinajstić information content (AvgIpc) is 2.41. The standard InChI is InChI=1S/C14H17ClF3NO.HNO2S/c1-4-5-13(19-20-9(2)3)11-8-10(15)6-7-12(11)14(16,17)18;1-4(2)3/h6-9H,4-5H2,1-3H3;1H/b19-13+;. The lowest BCUT2D eigenvalue weighted by Gasteiger charge is -2.15. The lowest BCUT2D eigenvalue weighted by Crippen LogP contribution is -2.14. The first kappa shape index (κ1) is 22.4. The number of hydrogen-bond donors (Lipinski definition) is 1. The molecule has 1 N–H and O–H groups in total. The van der Waals surface area contributed by atoms with Crippen LogP contribution in [0, 0.1) is 4.78 Å². The van der Waals surface area contributed by atoms with E-state index < -0.39 is 22.2 Å². The predicted molar refractivity (Wildman–Crippen MR) is 85.8 cm³/mol. The van der Waals surface area contributed by atoms with Crippen LogP contribution in [0.3, 0.4) is 0 Å². The molecule has 0 unspecified atom stereocenters. The van der Waals surface area contributed by atoms with E-state index in [1.807, 2.05) is 6.92 Å². The molecule has 10 heteroatoms. The largest absolute Gasteiger partial charge is 0.417 e. The van der Waals surface area contributed by atoms with E-state index in [0.29, 0.717) is 12.8 Å². The van der Waals surface area contributed by atoms with Crippen LogP contribution in [-0.4, -0.2) is 20.2 Å². The van der Waals surface area contributed by atoms with Crippen molar-refractivity contribution in [2.45, 2.75) is 45.9 Å². The predicted octanol–water partition coefficient (Wildman–Crippen LogP) is 4.92. The van der Waals surface area contributed by atoms with Crippen molar-refractivity contribution in [3.8, 4) is 0 Å². The molecule has 136 valence electrons. The van der Waals surface area contributed by atoms with E-state index >= 15 is 0 Å². The fraction of sp³-hybridized carbons (Fsp3) is 0.500. The van der Waals surface area contributed by atoms with Gasteiger partial charge in [-0.15, -0.1) is 0 Å². The summed E-state index contributed by atoms with van der Waals surface area (Å²) in [5.41, 5.74) is -0.509. The van der Waals surface area contributed by atoms with Crippen LogP contribution in [0.2, 0.25) is 5.02 Å². The highest BCUT2D eigenvalue weighted by Crippen LogP contribution is 2.34. The maximum absolute atomic E-state index is 13.0. The van der Waals surface area contributed by atoms with E-state index in [1.54, 1.807) is 13.8 Å². The van der Waals surface area contributed by atoms with Crippen molar-refractivity contribution in [1.29, 1.82) is 4.78 Å². The zero-order chi connectivity index (χ0) is 18.9. The number of alkyl halides is 3. The molecule has 0 bridgehead atoms. The second kappa shape index (κ2) is 10.3. The van der Waals surface area contributed by atoms with E-state index in [-0.39, 0.29) is 22.4 Å². The second-order valence-corrected chi connectivity index (χ2v) is 5.77. The molecule has 0 spiro atoms. The zero-order valence-electron chi connectivity index (χ0n) is 13.3. The number of hydrogen-bond acceptors (Lipinski definition) is 5. The van der Waals surface area contributed by atoms with Gasteiger partial charge in [-0.1, -0.05) is 30.1 Å². The van der Waals surface area contributed by atoms with Crippen LogP contribution in [0.4, 0.5) is 13.2 Å². The number of rotatable bonds is 5. The molecule has 0 aliphatic heterocycles. The Morgan fingerprint density at radius 1 is 1.38 bits per heavy atom. The van der Waals surface area contributed by atoms with Gasteiger partial charge in [0, 0.05) is 10.6 Å². The normalized spacial score (nSPS) is 11.8. The van der Waals surface area contributed by atoms with E-state index in [9.17, 15) is 13.2 Å². The Morgan fingerprint density at radius 3 is 2.33 bits per heavy atom. The van der Waals surface area contributed by atoms with Gasteiger partial charge in [0.2, 0.25) is 0 Å². The molecule has 1 rings (SSSR count). The van der Waals surface area contributed by atoms with E-state index in [2.05, 4.69) is 5.16 Å². The molecule has 5 nitrogen and oxygen atoms in total. The van der Waals surface area contributed by atoms with Gasteiger partial charge in [0.1, 0.15) is 6.10 Å². The van der Waals surface area contributed by atoms with E-state index in [4.69, 9.17) is 29.6 Å².